The first-order chi connectivity index (χ1) is 11.9. The summed E-state index contributed by atoms with van der Waals surface area (Å²) in [6.45, 7) is 2.96. The maximum atomic E-state index is 6.16. The molecule has 3 aromatic carbocycles. The van der Waals surface area contributed by atoms with Crippen LogP contribution in [0.25, 0.3) is 0 Å². The third-order valence-corrected chi connectivity index (χ3v) is 8.33. The van der Waals surface area contributed by atoms with E-state index >= 15 is 0 Å². The summed E-state index contributed by atoms with van der Waals surface area (Å²) in [5.74, 6) is 0. The average molecular weight is 371 g/mol. The van der Waals surface area contributed by atoms with E-state index in [1.807, 2.05) is 0 Å². The van der Waals surface area contributed by atoms with E-state index in [1.54, 1.807) is 0 Å². The first-order valence-corrected chi connectivity index (χ1v) is 10.5. The van der Waals surface area contributed by atoms with Gasteiger partial charge in [-0.15, -0.1) is 0 Å². The van der Waals surface area contributed by atoms with Gasteiger partial charge in [0.2, 0.25) is 0 Å². The number of ether oxygens (including phenoxy) is 1. The van der Waals surface area contributed by atoms with Gasteiger partial charge in [0.15, 0.2) is 6.35 Å². The van der Waals surface area contributed by atoms with Crippen LogP contribution in [-0.4, -0.2) is 13.0 Å². The summed E-state index contributed by atoms with van der Waals surface area (Å²) in [4.78, 5) is 0. The molecule has 0 unspecified atom stereocenters. The van der Waals surface area contributed by atoms with Gasteiger partial charge in [0.25, 0.3) is 0 Å². The van der Waals surface area contributed by atoms with E-state index in [-0.39, 0.29) is 12.4 Å². The van der Waals surface area contributed by atoms with Crippen LogP contribution < -0.4 is 28.3 Å². The third-order valence-electron chi connectivity index (χ3n) is 4.22. The molecule has 3 rings (SSSR count). The van der Waals surface area contributed by atoms with Gasteiger partial charge in [0.1, 0.15) is 23.2 Å². The summed E-state index contributed by atoms with van der Waals surface area (Å²) in [7, 11) is -1.81. The molecule has 0 spiro atoms. The Morgan fingerprint density at radius 1 is 0.640 bits per heavy atom. The van der Waals surface area contributed by atoms with Crippen molar-refractivity contribution in [1.82, 2.24) is 0 Å². The quantitative estimate of drug-likeness (QED) is 0.451. The molecular formula is C22H24ClOP. The molecule has 0 aromatic heterocycles. The van der Waals surface area contributed by atoms with Crippen LogP contribution in [0.2, 0.25) is 0 Å². The van der Waals surface area contributed by atoms with Crippen molar-refractivity contribution in [3.05, 3.63) is 91.0 Å². The SMILES string of the molecule is CCCOC[P+](c1ccccc1)(c1ccccc1)c1ccccc1.[Cl-]. The van der Waals surface area contributed by atoms with Crippen LogP contribution in [0.5, 0.6) is 0 Å². The molecule has 0 saturated carbocycles. The van der Waals surface area contributed by atoms with Crippen molar-refractivity contribution in [2.75, 3.05) is 13.0 Å². The fourth-order valence-corrected chi connectivity index (χ4v) is 6.85. The Morgan fingerprint density at radius 3 is 1.32 bits per heavy atom. The van der Waals surface area contributed by atoms with Crippen molar-refractivity contribution < 1.29 is 17.1 Å². The fourth-order valence-electron chi connectivity index (χ4n) is 3.06. The van der Waals surface area contributed by atoms with Crippen LogP contribution in [0.15, 0.2) is 91.0 Å². The van der Waals surface area contributed by atoms with Gasteiger partial charge in [0.05, 0.1) is 6.61 Å². The lowest BCUT2D eigenvalue weighted by atomic mass is 10.4. The van der Waals surface area contributed by atoms with Gasteiger partial charge in [-0.05, 0) is 42.8 Å². The van der Waals surface area contributed by atoms with Crippen molar-refractivity contribution in [2.24, 2.45) is 0 Å². The number of hydrogen-bond donors (Lipinski definition) is 0. The van der Waals surface area contributed by atoms with E-state index in [9.17, 15) is 0 Å². The number of benzene rings is 3. The summed E-state index contributed by atoms with van der Waals surface area (Å²) in [5.41, 5.74) is 0. The molecule has 0 N–H and O–H groups in total. The van der Waals surface area contributed by atoms with Crippen LogP contribution in [0.1, 0.15) is 13.3 Å². The van der Waals surface area contributed by atoms with Crippen LogP contribution >= 0.6 is 7.26 Å². The van der Waals surface area contributed by atoms with Crippen molar-refractivity contribution in [3.8, 4) is 0 Å². The molecule has 1 nitrogen and oxygen atoms in total. The first kappa shape index (κ1) is 19.7. The Morgan fingerprint density at radius 2 is 1.00 bits per heavy atom. The predicted molar refractivity (Wildman–Crippen MR) is 106 cm³/mol. The summed E-state index contributed by atoms with van der Waals surface area (Å²) in [6.07, 6.45) is 1.79. The average Bonchev–Trinajstić information content (AvgIpc) is 2.68. The number of rotatable bonds is 7. The minimum atomic E-state index is -1.81. The Kier molecular flexibility index (Phi) is 7.65. The normalized spacial score (nSPS) is 10.9. The summed E-state index contributed by atoms with van der Waals surface area (Å²) < 4.78 is 6.16. The van der Waals surface area contributed by atoms with E-state index in [1.165, 1.54) is 15.9 Å². The summed E-state index contributed by atoms with van der Waals surface area (Å²) in [6, 6.07) is 32.6. The Balaban J connectivity index is 0.00000225. The Hall–Kier alpha value is -1.66. The number of hydrogen-bond acceptors (Lipinski definition) is 1. The molecular weight excluding hydrogens is 347 g/mol. The zero-order valence-electron chi connectivity index (χ0n) is 14.5. The molecule has 0 aliphatic heterocycles. The van der Waals surface area contributed by atoms with Crippen LogP contribution in [0.3, 0.4) is 0 Å². The molecule has 3 aromatic rings. The fraction of sp³-hybridized carbons (Fsp3) is 0.182. The molecule has 0 aliphatic rings. The van der Waals surface area contributed by atoms with E-state index < -0.39 is 7.26 Å². The van der Waals surface area contributed by atoms with E-state index in [4.69, 9.17) is 4.74 Å². The Bertz CT molecular complexity index is 635. The second-order valence-electron chi connectivity index (χ2n) is 5.85. The molecule has 0 atom stereocenters. The van der Waals surface area contributed by atoms with Crippen LogP contribution in [0.4, 0.5) is 0 Å². The minimum absolute atomic E-state index is 0. The monoisotopic (exact) mass is 370 g/mol. The zero-order valence-corrected chi connectivity index (χ0v) is 16.2. The van der Waals surface area contributed by atoms with Gasteiger partial charge in [0, 0.05) is 0 Å². The van der Waals surface area contributed by atoms with Crippen molar-refractivity contribution >= 4 is 23.2 Å². The van der Waals surface area contributed by atoms with Crippen molar-refractivity contribution in [3.63, 3.8) is 0 Å². The molecule has 0 heterocycles. The van der Waals surface area contributed by atoms with Gasteiger partial charge >= 0.3 is 0 Å². The molecule has 0 radical (unpaired) electrons. The highest BCUT2D eigenvalue weighted by Crippen LogP contribution is 2.55. The van der Waals surface area contributed by atoms with Gasteiger partial charge in [-0.2, -0.15) is 0 Å². The van der Waals surface area contributed by atoms with Gasteiger partial charge in [-0.3, -0.25) is 0 Å². The maximum absolute atomic E-state index is 6.16. The van der Waals surface area contributed by atoms with E-state index in [0.717, 1.165) is 19.4 Å². The topological polar surface area (TPSA) is 9.23 Å². The molecule has 0 amide bonds. The Labute approximate surface area is 157 Å². The highest BCUT2D eigenvalue weighted by Gasteiger charge is 2.45. The number of halogens is 1. The van der Waals surface area contributed by atoms with Crippen LogP contribution in [0, 0.1) is 0 Å². The van der Waals surface area contributed by atoms with Crippen molar-refractivity contribution in [2.45, 2.75) is 13.3 Å². The zero-order chi connectivity index (χ0) is 16.7. The van der Waals surface area contributed by atoms with Gasteiger partial charge < -0.3 is 17.1 Å². The highest BCUT2D eigenvalue weighted by molar-refractivity contribution is 7.95. The second-order valence-corrected chi connectivity index (χ2v) is 9.28. The van der Waals surface area contributed by atoms with Crippen LogP contribution in [-0.2, 0) is 4.74 Å². The van der Waals surface area contributed by atoms with E-state index in [2.05, 4.69) is 97.9 Å². The van der Waals surface area contributed by atoms with Gasteiger partial charge in [-0.1, -0.05) is 61.5 Å². The standard InChI is InChI=1S/C22H24OP.ClH/c1-2-18-23-19-24(20-12-6-3-7-13-20,21-14-8-4-9-15-21)22-16-10-5-11-17-22;/h3-17H,2,18-19H2,1H3;1H/q+1;/p-1. The first-order valence-electron chi connectivity index (χ1n) is 8.50. The lowest BCUT2D eigenvalue weighted by molar-refractivity contribution is -0.00000511. The predicted octanol–water partition coefficient (Wildman–Crippen LogP) is 1.37. The second kappa shape index (κ2) is 9.73. The smallest absolute Gasteiger partial charge is 0.171 e. The largest absolute Gasteiger partial charge is 1.00 e. The molecule has 0 fully saturated rings. The summed E-state index contributed by atoms with van der Waals surface area (Å²) >= 11 is 0. The highest BCUT2D eigenvalue weighted by atomic mass is 35.5. The van der Waals surface area contributed by atoms with E-state index in [0.29, 0.717) is 0 Å². The third kappa shape index (κ3) is 4.30. The molecule has 3 heteroatoms. The molecule has 130 valence electrons. The molecule has 0 bridgehead atoms. The molecule has 0 saturated heterocycles. The lowest BCUT2D eigenvalue weighted by Gasteiger charge is -2.27. The lowest BCUT2D eigenvalue weighted by Crippen LogP contribution is -3.00. The molecule has 0 aliphatic carbocycles. The molecule has 25 heavy (non-hydrogen) atoms. The minimum Gasteiger partial charge on any atom is -1.00 e. The maximum Gasteiger partial charge on any atom is 0.171 e. The summed E-state index contributed by atoms with van der Waals surface area (Å²) in [5, 5.41) is 4.12. The van der Waals surface area contributed by atoms with Crippen molar-refractivity contribution in [1.29, 1.82) is 0 Å². The van der Waals surface area contributed by atoms with Gasteiger partial charge in [-0.25, -0.2) is 0 Å².